The Balaban J connectivity index is 1.65. The molecule has 0 aliphatic heterocycles. The van der Waals surface area contributed by atoms with Crippen molar-refractivity contribution in [2.24, 2.45) is 5.73 Å². The summed E-state index contributed by atoms with van der Waals surface area (Å²) in [5, 5.41) is 0. The number of nitrogens with two attached hydrogens (primary N) is 1. The average Bonchev–Trinajstić information content (AvgIpc) is 2.78. The van der Waals surface area contributed by atoms with Gasteiger partial charge >= 0.3 is 0 Å². The number of methoxy groups -OCH3 is 1. The summed E-state index contributed by atoms with van der Waals surface area (Å²) >= 11 is 0. The van der Waals surface area contributed by atoms with Crippen LogP contribution in [0.4, 0.5) is 0 Å². The van der Waals surface area contributed by atoms with Gasteiger partial charge in [0, 0.05) is 24.2 Å². The summed E-state index contributed by atoms with van der Waals surface area (Å²) in [6, 6.07) is 21.2. The standard InChI is InChI=1S/C24H24N2O4/c1-3-26(16-17-4-10-20(29-2)11-5-17)24(28)19-8-14-22(15-9-19)30-21-12-6-18(7-13-21)23(25)27/h4-15H,3,16H2,1-2H3,(H2,25,27). The van der Waals surface area contributed by atoms with Crippen molar-refractivity contribution in [1.29, 1.82) is 0 Å². The van der Waals surface area contributed by atoms with Gasteiger partial charge in [0.25, 0.3) is 5.91 Å². The highest BCUT2D eigenvalue weighted by Gasteiger charge is 2.15. The third kappa shape index (κ3) is 5.17. The third-order valence-corrected chi connectivity index (χ3v) is 4.68. The molecule has 0 radical (unpaired) electrons. The van der Waals surface area contributed by atoms with E-state index in [4.69, 9.17) is 15.2 Å². The molecule has 3 rings (SSSR count). The fourth-order valence-electron chi connectivity index (χ4n) is 2.95. The molecule has 3 aromatic rings. The van der Waals surface area contributed by atoms with Crippen LogP contribution in [0.1, 0.15) is 33.2 Å². The SMILES string of the molecule is CCN(Cc1ccc(OC)cc1)C(=O)c1ccc(Oc2ccc(C(N)=O)cc2)cc1. The van der Waals surface area contributed by atoms with Crippen LogP contribution in [0.25, 0.3) is 0 Å². The van der Waals surface area contributed by atoms with Crippen LogP contribution in [0.3, 0.4) is 0 Å². The molecule has 0 aromatic heterocycles. The van der Waals surface area contributed by atoms with Crippen LogP contribution in [0.2, 0.25) is 0 Å². The minimum atomic E-state index is -0.487. The summed E-state index contributed by atoms with van der Waals surface area (Å²) in [6.07, 6.45) is 0. The molecule has 0 aliphatic carbocycles. The molecule has 0 fully saturated rings. The third-order valence-electron chi connectivity index (χ3n) is 4.68. The number of ether oxygens (including phenoxy) is 2. The van der Waals surface area contributed by atoms with E-state index in [9.17, 15) is 9.59 Å². The van der Waals surface area contributed by atoms with Crippen molar-refractivity contribution < 1.29 is 19.1 Å². The van der Waals surface area contributed by atoms with Crippen LogP contribution < -0.4 is 15.2 Å². The minimum Gasteiger partial charge on any atom is -0.497 e. The zero-order chi connectivity index (χ0) is 21.5. The zero-order valence-corrected chi connectivity index (χ0v) is 17.0. The van der Waals surface area contributed by atoms with Gasteiger partial charge in [-0.25, -0.2) is 0 Å². The molecule has 2 N–H and O–H groups in total. The van der Waals surface area contributed by atoms with Crippen LogP contribution >= 0.6 is 0 Å². The van der Waals surface area contributed by atoms with Gasteiger partial charge in [0.05, 0.1) is 7.11 Å². The van der Waals surface area contributed by atoms with Gasteiger partial charge in [0.15, 0.2) is 0 Å². The topological polar surface area (TPSA) is 81.9 Å². The van der Waals surface area contributed by atoms with Crippen molar-refractivity contribution in [2.45, 2.75) is 13.5 Å². The van der Waals surface area contributed by atoms with Crippen LogP contribution in [-0.2, 0) is 6.54 Å². The van der Waals surface area contributed by atoms with Gasteiger partial charge in [-0.05, 0) is 73.2 Å². The first-order chi connectivity index (χ1) is 14.5. The van der Waals surface area contributed by atoms with E-state index in [1.54, 1.807) is 60.5 Å². The number of nitrogens with zero attached hydrogens (tertiary/aromatic N) is 1. The molecule has 154 valence electrons. The van der Waals surface area contributed by atoms with Gasteiger partial charge in [-0.2, -0.15) is 0 Å². The summed E-state index contributed by atoms with van der Waals surface area (Å²) in [5.74, 6) is 1.42. The quantitative estimate of drug-likeness (QED) is 0.609. The van der Waals surface area contributed by atoms with E-state index in [-0.39, 0.29) is 5.91 Å². The number of carbonyl (C=O) groups is 2. The molecule has 3 aromatic carbocycles. The molecule has 6 heteroatoms. The maximum Gasteiger partial charge on any atom is 0.254 e. The van der Waals surface area contributed by atoms with Gasteiger partial charge in [0.1, 0.15) is 17.2 Å². The second kappa shape index (κ2) is 9.60. The summed E-state index contributed by atoms with van der Waals surface area (Å²) in [7, 11) is 1.63. The van der Waals surface area contributed by atoms with Crippen molar-refractivity contribution in [3.8, 4) is 17.2 Å². The molecule has 0 saturated carbocycles. The Morgan fingerprint density at radius 3 is 1.77 bits per heavy atom. The molecule has 0 bridgehead atoms. The predicted octanol–water partition coefficient (Wildman–Crippen LogP) is 4.25. The van der Waals surface area contributed by atoms with Crippen LogP contribution in [0, 0.1) is 0 Å². The number of rotatable bonds is 8. The monoisotopic (exact) mass is 404 g/mol. The molecule has 30 heavy (non-hydrogen) atoms. The van der Waals surface area contributed by atoms with Crippen molar-refractivity contribution in [3.63, 3.8) is 0 Å². The lowest BCUT2D eigenvalue weighted by molar-refractivity contribution is 0.0752. The highest BCUT2D eigenvalue weighted by Crippen LogP contribution is 2.23. The summed E-state index contributed by atoms with van der Waals surface area (Å²) in [6.45, 7) is 3.06. The number of hydrogen-bond donors (Lipinski definition) is 1. The van der Waals surface area contributed by atoms with Gasteiger partial charge in [-0.1, -0.05) is 12.1 Å². The van der Waals surface area contributed by atoms with Crippen molar-refractivity contribution >= 4 is 11.8 Å². The van der Waals surface area contributed by atoms with E-state index in [2.05, 4.69) is 0 Å². The number of primary amides is 1. The Kier molecular flexibility index (Phi) is 6.70. The Bertz CT molecular complexity index is 997. The van der Waals surface area contributed by atoms with E-state index >= 15 is 0 Å². The molecule has 6 nitrogen and oxygen atoms in total. The average molecular weight is 404 g/mol. The second-order valence-electron chi connectivity index (χ2n) is 6.68. The fourth-order valence-corrected chi connectivity index (χ4v) is 2.95. The molecule has 0 saturated heterocycles. The number of hydrogen-bond acceptors (Lipinski definition) is 4. The molecule has 0 heterocycles. The molecule has 0 spiro atoms. The highest BCUT2D eigenvalue weighted by atomic mass is 16.5. The lowest BCUT2D eigenvalue weighted by Crippen LogP contribution is -2.30. The minimum absolute atomic E-state index is 0.0503. The maximum atomic E-state index is 12.9. The van der Waals surface area contributed by atoms with E-state index < -0.39 is 5.91 Å². The van der Waals surface area contributed by atoms with E-state index in [1.165, 1.54) is 0 Å². The maximum absolute atomic E-state index is 12.9. The van der Waals surface area contributed by atoms with E-state index in [0.29, 0.717) is 35.7 Å². The largest absolute Gasteiger partial charge is 0.497 e. The van der Waals surface area contributed by atoms with E-state index in [0.717, 1.165) is 11.3 Å². The van der Waals surface area contributed by atoms with Crippen LogP contribution in [0.5, 0.6) is 17.2 Å². The normalized spacial score (nSPS) is 10.3. The van der Waals surface area contributed by atoms with Crippen molar-refractivity contribution in [1.82, 2.24) is 4.90 Å². The summed E-state index contributed by atoms with van der Waals surface area (Å²) in [5.41, 5.74) is 7.27. The Labute approximate surface area is 175 Å². The number of carbonyl (C=O) groups excluding carboxylic acids is 2. The van der Waals surface area contributed by atoms with Crippen molar-refractivity contribution in [2.75, 3.05) is 13.7 Å². The molecule has 2 amide bonds. The second-order valence-corrected chi connectivity index (χ2v) is 6.68. The molecule has 0 atom stereocenters. The molecular formula is C24H24N2O4. The first-order valence-corrected chi connectivity index (χ1v) is 9.60. The summed E-state index contributed by atoms with van der Waals surface area (Å²) in [4.78, 5) is 25.8. The smallest absolute Gasteiger partial charge is 0.254 e. The van der Waals surface area contributed by atoms with Gasteiger partial charge in [0.2, 0.25) is 5.91 Å². The Morgan fingerprint density at radius 1 is 0.800 bits per heavy atom. The van der Waals surface area contributed by atoms with Crippen LogP contribution in [-0.4, -0.2) is 30.4 Å². The lowest BCUT2D eigenvalue weighted by atomic mass is 10.1. The molecular weight excluding hydrogens is 380 g/mol. The zero-order valence-electron chi connectivity index (χ0n) is 17.0. The van der Waals surface area contributed by atoms with Gasteiger partial charge in [-0.15, -0.1) is 0 Å². The van der Waals surface area contributed by atoms with Crippen LogP contribution in [0.15, 0.2) is 72.8 Å². The lowest BCUT2D eigenvalue weighted by Gasteiger charge is -2.21. The Morgan fingerprint density at radius 2 is 1.30 bits per heavy atom. The summed E-state index contributed by atoms with van der Waals surface area (Å²) < 4.78 is 10.9. The highest BCUT2D eigenvalue weighted by molar-refractivity contribution is 5.94. The molecule has 0 aliphatic rings. The Hall–Kier alpha value is -3.80. The first-order valence-electron chi connectivity index (χ1n) is 9.60. The van der Waals surface area contributed by atoms with Gasteiger partial charge in [-0.3, -0.25) is 9.59 Å². The predicted molar refractivity (Wildman–Crippen MR) is 115 cm³/mol. The number of amides is 2. The van der Waals surface area contributed by atoms with Crippen molar-refractivity contribution in [3.05, 3.63) is 89.5 Å². The first kappa shape index (κ1) is 20.9. The number of benzene rings is 3. The molecule has 0 unspecified atom stereocenters. The van der Waals surface area contributed by atoms with Gasteiger partial charge < -0.3 is 20.1 Å². The fraction of sp³-hybridized carbons (Fsp3) is 0.167. The van der Waals surface area contributed by atoms with E-state index in [1.807, 2.05) is 31.2 Å².